The van der Waals surface area contributed by atoms with E-state index in [-0.39, 0.29) is 22.5 Å². The molecule has 1 heteroatoms. The summed E-state index contributed by atoms with van der Waals surface area (Å²) < 4.78 is 0. The molecule has 1 fully saturated rings. The van der Waals surface area contributed by atoms with Gasteiger partial charge in [-0.2, -0.15) is 0 Å². The Hall–Kier alpha value is -2.43. The molecular formula is C24H24O. The molecule has 1 saturated carbocycles. The molecule has 0 saturated heterocycles. The molecule has 0 spiro atoms. The SMILES string of the molecule is C#CC#CC#CC12CC(C)=C(C)CC1C(=O)C1=CC(C)=C(C)CC12C. The number of terminal acetylenes is 1. The van der Waals surface area contributed by atoms with E-state index in [1.807, 2.05) is 0 Å². The van der Waals surface area contributed by atoms with Crippen molar-refractivity contribution >= 4 is 5.78 Å². The van der Waals surface area contributed by atoms with Crippen LogP contribution in [0.5, 0.6) is 0 Å². The van der Waals surface area contributed by atoms with Gasteiger partial charge in [0, 0.05) is 16.9 Å². The van der Waals surface area contributed by atoms with Gasteiger partial charge < -0.3 is 0 Å². The van der Waals surface area contributed by atoms with Crippen LogP contribution in [-0.4, -0.2) is 5.78 Å². The molecule has 1 nitrogen and oxygen atoms in total. The first-order valence-corrected chi connectivity index (χ1v) is 8.82. The zero-order valence-electron chi connectivity index (χ0n) is 15.8. The molecule has 0 bridgehead atoms. The van der Waals surface area contributed by atoms with Crippen molar-refractivity contribution < 1.29 is 4.79 Å². The second-order valence-electron chi connectivity index (χ2n) is 8.00. The molecule has 25 heavy (non-hydrogen) atoms. The van der Waals surface area contributed by atoms with Gasteiger partial charge in [-0.1, -0.05) is 41.2 Å². The molecule has 0 radical (unpaired) electrons. The molecule has 0 N–H and O–H groups in total. The first-order chi connectivity index (χ1) is 11.8. The van der Waals surface area contributed by atoms with Crippen molar-refractivity contribution in [2.24, 2.45) is 16.7 Å². The van der Waals surface area contributed by atoms with Crippen LogP contribution in [0.2, 0.25) is 0 Å². The van der Waals surface area contributed by atoms with Crippen LogP contribution >= 0.6 is 0 Å². The number of allylic oxidation sites excluding steroid dienone is 6. The van der Waals surface area contributed by atoms with Crippen molar-refractivity contribution in [2.45, 2.75) is 53.9 Å². The Morgan fingerprint density at radius 3 is 2.44 bits per heavy atom. The van der Waals surface area contributed by atoms with E-state index in [1.54, 1.807) is 0 Å². The fourth-order valence-corrected chi connectivity index (χ4v) is 4.92. The molecule has 3 atom stereocenters. The predicted molar refractivity (Wildman–Crippen MR) is 102 cm³/mol. The maximum absolute atomic E-state index is 13.3. The van der Waals surface area contributed by atoms with Crippen molar-refractivity contribution in [1.82, 2.24) is 0 Å². The number of carbonyl (C=O) groups excluding carboxylic acids is 1. The summed E-state index contributed by atoms with van der Waals surface area (Å²) in [4.78, 5) is 13.3. The summed E-state index contributed by atoms with van der Waals surface area (Å²) in [6.45, 7) is 10.8. The van der Waals surface area contributed by atoms with E-state index in [4.69, 9.17) is 6.42 Å². The molecule has 3 unspecified atom stereocenters. The lowest BCUT2D eigenvalue weighted by molar-refractivity contribution is -0.119. The summed E-state index contributed by atoms with van der Waals surface area (Å²) in [5, 5.41) is 0. The summed E-state index contributed by atoms with van der Waals surface area (Å²) in [6, 6.07) is 0. The monoisotopic (exact) mass is 328 g/mol. The molecule has 0 aromatic rings. The van der Waals surface area contributed by atoms with Gasteiger partial charge in [-0.25, -0.2) is 0 Å². The van der Waals surface area contributed by atoms with E-state index in [1.165, 1.54) is 22.3 Å². The van der Waals surface area contributed by atoms with E-state index in [2.05, 4.69) is 70.3 Å². The van der Waals surface area contributed by atoms with Crippen LogP contribution in [0.3, 0.4) is 0 Å². The number of Topliss-reactive ketones (excluding diaryl/α,β-unsaturated/α-hetero) is 1. The third-order valence-electron chi connectivity index (χ3n) is 6.67. The normalized spacial score (nSPS) is 33.4. The smallest absolute Gasteiger partial charge is 0.164 e. The Labute approximate surface area is 151 Å². The Morgan fingerprint density at radius 2 is 1.76 bits per heavy atom. The first kappa shape index (κ1) is 17.4. The number of hydrogen-bond acceptors (Lipinski definition) is 1. The molecule has 3 rings (SSSR count). The number of hydrogen-bond donors (Lipinski definition) is 0. The third-order valence-corrected chi connectivity index (χ3v) is 6.67. The largest absolute Gasteiger partial charge is 0.294 e. The Kier molecular flexibility index (Phi) is 4.06. The Morgan fingerprint density at radius 1 is 1.04 bits per heavy atom. The zero-order chi connectivity index (χ0) is 18.4. The summed E-state index contributed by atoms with van der Waals surface area (Å²) in [7, 11) is 0. The first-order valence-electron chi connectivity index (χ1n) is 8.82. The minimum atomic E-state index is -0.384. The lowest BCUT2D eigenvalue weighted by atomic mass is 9.54. The van der Waals surface area contributed by atoms with E-state index in [9.17, 15) is 4.79 Å². The van der Waals surface area contributed by atoms with Crippen LogP contribution in [-0.2, 0) is 4.79 Å². The van der Waals surface area contributed by atoms with Crippen LogP contribution in [0.25, 0.3) is 0 Å². The highest BCUT2D eigenvalue weighted by molar-refractivity contribution is 6.04. The van der Waals surface area contributed by atoms with Gasteiger partial charge in [0.2, 0.25) is 0 Å². The summed E-state index contributed by atoms with van der Waals surface area (Å²) >= 11 is 0. The van der Waals surface area contributed by atoms with Gasteiger partial charge in [-0.05, 0) is 70.6 Å². The number of ketones is 1. The van der Waals surface area contributed by atoms with E-state index in [0.717, 1.165) is 24.8 Å². The quantitative estimate of drug-likeness (QED) is 0.468. The van der Waals surface area contributed by atoms with Crippen molar-refractivity contribution in [3.8, 4) is 36.0 Å². The topological polar surface area (TPSA) is 17.1 Å². The molecule has 0 aromatic heterocycles. The van der Waals surface area contributed by atoms with Crippen LogP contribution in [0.4, 0.5) is 0 Å². The Balaban J connectivity index is 2.25. The number of rotatable bonds is 0. The van der Waals surface area contributed by atoms with Gasteiger partial charge in [0.25, 0.3) is 0 Å². The average Bonchev–Trinajstić information content (AvgIpc) is 2.72. The van der Waals surface area contributed by atoms with Gasteiger partial charge in [0.05, 0.1) is 5.41 Å². The van der Waals surface area contributed by atoms with Gasteiger partial charge in [0.15, 0.2) is 5.78 Å². The maximum Gasteiger partial charge on any atom is 0.164 e. The molecule has 3 aliphatic carbocycles. The van der Waals surface area contributed by atoms with E-state index < -0.39 is 0 Å². The van der Waals surface area contributed by atoms with E-state index >= 15 is 0 Å². The highest BCUT2D eigenvalue weighted by Crippen LogP contribution is 2.66. The molecule has 0 heterocycles. The summed E-state index contributed by atoms with van der Waals surface area (Å²) in [5.74, 6) is 14.3. The van der Waals surface area contributed by atoms with Crippen LogP contribution in [0.15, 0.2) is 33.9 Å². The second kappa shape index (κ2) is 5.83. The van der Waals surface area contributed by atoms with Gasteiger partial charge in [-0.3, -0.25) is 4.79 Å². The lowest BCUT2D eigenvalue weighted by Crippen LogP contribution is -2.42. The molecule has 3 aliphatic rings. The van der Waals surface area contributed by atoms with Crippen molar-refractivity contribution in [3.05, 3.63) is 33.9 Å². The highest BCUT2D eigenvalue weighted by Gasteiger charge is 2.65. The van der Waals surface area contributed by atoms with Crippen molar-refractivity contribution in [2.75, 3.05) is 0 Å². The van der Waals surface area contributed by atoms with E-state index in [0.29, 0.717) is 0 Å². The predicted octanol–water partition coefficient (Wildman–Crippen LogP) is 4.61. The molecule has 0 aromatic carbocycles. The van der Waals surface area contributed by atoms with Crippen LogP contribution in [0.1, 0.15) is 53.9 Å². The number of fused-ring (bicyclic) bond motifs is 3. The second-order valence-corrected chi connectivity index (χ2v) is 8.00. The summed E-state index contributed by atoms with van der Waals surface area (Å²) in [5.41, 5.74) is 5.57. The molecule has 126 valence electrons. The number of carbonyl (C=O) groups is 1. The van der Waals surface area contributed by atoms with Crippen LogP contribution in [0, 0.1) is 52.8 Å². The van der Waals surface area contributed by atoms with Gasteiger partial charge in [0.1, 0.15) is 0 Å². The lowest BCUT2D eigenvalue weighted by Gasteiger charge is -2.47. The average molecular weight is 328 g/mol. The fraction of sp³-hybridized carbons (Fsp3) is 0.458. The zero-order valence-corrected chi connectivity index (χ0v) is 15.8. The standard InChI is InChI=1S/C24H24O/c1-7-8-9-10-11-24-15-19(5)17(3)13-21(24)22(25)20-12-16(2)18(4)14-23(20,24)6/h1,12,21H,13-15H2,2-6H3. The van der Waals surface area contributed by atoms with Crippen molar-refractivity contribution in [1.29, 1.82) is 0 Å². The minimum Gasteiger partial charge on any atom is -0.294 e. The van der Waals surface area contributed by atoms with Crippen molar-refractivity contribution in [3.63, 3.8) is 0 Å². The highest BCUT2D eigenvalue weighted by atomic mass is 16.1. The minimum absolute atomic E-state index is 0.0775. The molecular weight excluding hydrogens is 304 g/mol. The van der Waals surface area contributed by atoms with Crippen LogP contribution < -0.4 is 0 Å². The third kappa shape index (κ3) is 2.33. The molecule has 0 amide bonds. The fourth-order valence-electron chi connectivity index (χ4n) is 4.92. The molecule has 0 aliphatic heterocycles. The maximum atomic E-state index is 13.3. The van der Waals surface area contributed by atoms with Gasteiger partial charge >= 0.3 is 0 Å². The summed E-state index contributed by atoms with van der Waals surface area (Å²) in [6.07, 6.45) is 9.84. The Bertz CT molecular complexity index is 923. The van der Waals surface area contributed by atoms with Gasteiger partial charge in [-0.15, -0.1) is 6.42 Å².